The standard InChI is InChI=1S/C16H22N2O3/c17-13-6-4-5-12(9-13)10-16(20)21-11-15(19)18-14-7-2-1-3-8-14/h4-6,9,14H,1-3,7-8,10-11,17H2,(H,18,19). The molecule has 21 heavy (non-hydrogen) atoms. The molecule has 2 rings (SSSR count). The summed E-state index contributed by atoms with van der Waals surface area (Å²) < 4.78 is 5.00. The van der Waals surface area contributed by atoms with E-state index in [1.54, 1.807) is 24.3 Å². The van der Waals surface area contributed by atoms with Gasteiger partial charge in [-0.15, -0.1) is 0 Å². The minimum Gasteiger partial charge on any atom is -0.455 e. The Kier molecular flexibility index (Phi) is 5.60. The molecule has 1 fully saturated rings. The molecular formula is C16H22N2O3. The fourth-order valence-electron chi connectivity index (χ4n) is 2.58. The number of hydrogen-bond donors (Lipinski definition) is 2. The average Bonchev–Trinajstić information content (AvgIpc) is 2.46. The van der Waals surface area contributed by atoms with E-state index in [-0.39, 0.29) is 25.0 Å². The number of ether oxygens (including phenoxy) is 1. The molecule has 0 aliphatic heterocycles. The van der Waals surface area contributed by atoms with Gasteiger partial charge in [0.1, 0.15) is 0 Å². The van der Waals surface area contributed by atoms with Crippen molar-refractivity contribution < 1.29 is 14.3 Å². The van der Waals surface area contributed by atoms with Crippen LogP contribution in [-0.2, 0) is 20.7 Å². The first-order valence-corrected chi connectivity index (χ1v) is 7.43. The van der Waals surface area contributed by atoms with Crippen molar-refractivity contribution in [3.8, 4) is 0 Å². The summed E-state index contributed by atoms with van der Waals surface area (Å²) in [6, 6.07) is 7.31. The number of carbonyl (C=O) groups is 2. The third-order valence-electron chi connectivity index (χ3n) is 3.63. The highest BCUT2D eigenvalue weighted by atomic mass is 16.5. The highest BCUT2D eigenvalue weighted by molar-refractivity contribution is 5.81. The predicted octanol–water partition coefficient (Wildman–Crippen LogP) is 1.80. The second-order valence-electron chi connectivity index (χ2n) is 5.48. The minimum absolute atomic E-state index is 0.127. The van der Waals surface area contributed by atoms with E-state index in [1.807, 2.05) is 0 Å². The zero-order valence-corrected chi connectivity index (χ0v) is 12.1. The molecule has 0 bridgehead atoms. The summed E-state index contributed by atoms with van der Waals surface area (Å²) in [4.78, 5) is 23.4. The first-order chi connectivity index (χ1) is 10.1. The fraction of sp³-hybridized carbons (Fsp3) is 0.500. The van der Waals surface area contributed by atoms with Crippen molar-refractivity contribution in [2.75, 3.05) is 12.3 Å². The van der Waals surface area contributed by atoms with Gasteiger partial charge in [0.25, 0.3) is 5.91 Å². The molecule has 1 aliphatic rings. The van der Waals surface area contributed by atoms with Gasteiger partial charge in [-0.1, -0.05) is 31.4 Å². The molecular weight excluding hydrogens is 268 g/mol. The lowest BCUT2D eigenvalue weighted by Crippen LogP contribution is -2.38. The Bertz CT molecular complexity index is 496. The number of esters is 1. The lowest BCUT2D eigenvalue weighted by Gasteiger charge is -2.22. The van der Waals surface area contributed by atoms with Crippen LogP contribution < -0.4 is 11.1 Å². The van der Waals surface area contributed by atoms with E-state index in [2.05, 4.69) is 5.32 Å². The lowest BCUT2D eigenvalue weighted by molar-refractivity contribution is -0.148. The van der Waals surface area contributed by atoms with Crippen molar-refractivity contribution in [1.82, 2.24) is 5.32 Å². The van der Waals surface area contributed by atoms with Gasteiger partial charge in [-0.2, -0.15) is 0 Å². The molecule has 1 aromatic rings. The number of rotatable bonds is 5. The van der Waals surface area contributed by atoms with Crippen LogP contribution in [0.15, 0.2) is 24.3 Å². The number of nitrogen functional groups attached to an aromatic ring is 1. The third kappa shape index (κ3) is 5.45. The Morgan fingerprint density at radius 3 is 2.71 bits per heavy atom. The average molecular weight is 290 g/mol. The van der Waals surface area contributed by atoms with E-state index >= 15 is 0 Å². The van der Waals surface area contributed by atoms with E-state index in [4.69, 9.17) is 10.5 Å². The maximum absolute atomic E-state index is 11.7. The molecule has 0 atom stereocenters. The molecule has 0 heterocycles. The zero-order chi connectivity index (χ0) is 15.1. The predicted molar refractivity (Wildman–Crippen MR) is 80.5 cm³/mol. The number of nitrogens with one attached hydrogen (secondary N) is 1. The molecule has 1 saturated carbocycles. The van der Waals surface area contributed by atoms with Crippen molar-refractivity contribution >= 4 is 17.6 Å². The molecule has 5 heteroatoms. The van der Waals surface area contributed by atoms with Gasteiger partial charge in [0.05, 0.1) is 6.42 Å². The van der Waals surface area contributed by atoms with E-state index in [9.17, 15) is 9.59 Å². The largest absolute Gasteiger partial charge is 0.455 e. The Balaban J connectivity index is 1.69. The molecule has 0 saturated heterocycles. The van der Waals surface area contributed by atoms with Gasteiger partial charge in [-0.3, -0.25) is 9.59 Å². The van der Waals surface area contributed by atoms with Crippen LogP contribution in [0.1, 0.15) is 37.7 Å². The highest BCUT2D eigenvalue weighted by Gasteiger charge is 2.16. The summed E-state index contributed by atoms with van der Waals surface area (Å²) >= 11 is 0. The van der Waals surface area contributed by atoms with Gasteiger partial charge in [-0.05, 0) is 30.5 Å². The van der Waals surface area contributed by atoms with Crippen molar-refractivity contribution in [1.29, 1.82) is 0 Å². The van der Waals surface area contributed by atoms with Gasteiger partial charge < -0.3 is 15.8 Å². The second-order valence-corrected chi connectivity index (χ2v) is 5.48. The van der Waals surface area contributed by atoms with Crippen molar-refractivity contribution in [3.05, 3.63) is 29.8 Å². The van der Waals surface area contributed by atoms with E-state index < -0.39 is 5.97 Å². The Morgan fingerprint density at radius 2 is 2.00 bits per heavy atom. The number of benzene rings is 1. The summed E-state index contributed by atoms with van der Waals surface area (Å²) in [5.74, 6) is -0.637. The van der Waals surface area contributed by atoms with Crippen molar-refractivity contribution in [3.63, 3.8) is 0 Å². The fourth-order valence-corrected chi connectivity index (χ4v) is 2.58. The summed E-state index contributed by atoms with van der Waals surface area (Å²) in [5, 5.41) is 2.91. The summed E-state index contributed by atoms with van der Waals surface area (Å²) in [5.41, 5.74) is 7.04. The number of nitrogens with two attached hydrogens (primary N) is 1. The van der Waals surface area contributed by atoms with E-state index in [1.165, 1.54) is 6.42 Å². The molecule has 0 unspecified atom stereocenters. The SMILES string of the molecule is Nc1cccc(CC(=O)OCC(=O)NC2CCCCC2)c1. The van der Waals surface area contributed by atoms with Gasteiger partial charge in [0.15, 0.2) is 6.61 Å². The number of amides is 1. The van der Waals surface area contributed by atoms with Crippen molar-refractivity contribution in [2.24, 2.45) is 0 Å². The van der Waals surface area contributed by atoms with Crippen molar-refractivity contribution in [2.45, 2.75) is 44.6 Å². The molecule has 0 spiro atoms. The molecule has 1 amide bonds. The van der Waals surface area contributed by atoms with Crippen LogP contribution in [0.2, 0.25) is 0 Å². The smallest absolute Gasteiger partial charge is 0.310 e. The molecule has 5 nitrogen and oxygen atoms in total. The number of anilines is 1. The van der Waals surface area contributed by atoms with Crippen LogP contribution in [0, 0.1) is 0 Å². The first-order valence-electron chi connectivity index (χ1n) is 7.43. The maximum Gasteiger partial charge on any atom is 0.310 e. The maximum atomic E-state index is 11.7. The first kappa shape index (κ1) is 15.4. The van der Waals surface area contributed by atoms with E-state index in [0.29, 0.717) is 5.69 Å². The second kappa shape index (κ2) is 7.67. The summed E-state index contributed by atoms with van der Waals surface area (Å²) in [6.45, 7) is -0.211. The van der Waals surface area contributed by atoms with Crippen LogP contribution >= 0.6 is 0 Å². The minimum atomic E-state index is -0.417. The Labute approximate surface area is 124 Å². The van der Waals surface area contributed by atoms with Gasteiger partial charge >= 0.3 is 5.97 Å². The molecule has 3 N–H and O–H groups in total. The zero-order valence-electron chi connectivity index (χ0n) is 12.1. The Morgan fingerprint density at radius 1 is 1.24 bits per heavy atom. The number of carbonyl (C=O) groups excluding carboxylic acids is 2. The quantitative estimate of drug-likeness (QED) is 0.640. The summed E-state index contributed by atoms with van der Waals surface area (Å²) in [7, 11) is 0. The third-order valence-corrected chi connectivity index (χ3v) is 3.63. The normalized spacial score (nSPS) is 15.4. The van der Waals surface area contributed by atoms with Gasteiger partial charge in [0, 0.05) is 11.7 Å². The molecule has 1 aliphatic carbocycles. The molecule has 1 aromatic carbocycles. The van der Waals surface area contributed by atoms with E-state index in [0.717, 1.165) is 31.2 Å². The topological polar surface area (TPSA) is 81.4 Å². The highest BCUT2D eigenvalue weighted by Crippen LogP contribution is 2.17. The van der Waals surface area contributed by atoms with Crippen LogP contribution in [0.4, 0.5) is 5.69 Å². The number of hydrogen-bond acceptors (Lipinski definition) is 4. The van der Waals surface area contributed by atoms with Crippen LogP contribution in [0.25, 0.3) is 0 Å². The van der Waals surface area contributed by atoms with Gasteiger partial charge in [0.2, 0.25) is 0 Å². The molecule has 0 radical (unpaired) electrons. The van der Waals surface area contributed by atoms with Gasteiger partial charge in [-0.25, -0.2) is 0 Å². The van der Waals surface area contributed by atoms with Crippen LogP contribution in [0.3, 0.4) is 0 Å². The monoisotopic (exact) mass is 290 g/mol. The molecule has 114 valence electrons. The van der Waals surface area contributed by atoms with Crippen LogP contribution in [0.5, 0.6) is 0 Å². The Hall–Kier alpha value is -2.04. The molecule has 0 aromatic heterocycles. The summed E-state index contributed by atoms with van der Waals surface area (Å²) in [6.07, 6.45) is 5.70. The van der Waals surface area contributed by atoms with Crippen LogP contribution in [-0.4, -0.2) is 24.5 Å². The lowest BCUT2D eigenvalue weighted by atomic mass is 9.95.